The van der Waals surface area contributed by atoms with E-state index in [-0.39, 0.29) is 36.1 Å². The normalized spacial score (nSPS) is 20.5. The van der Waals surface area contributed by atoms with Crippen molar-refractivity contribution in [3.8, 4) is 11.3 Å². The first-order chi connectivity index (χ1) is 28.2. The van der Waals surface area contributed by atoms with Crippen LogP contribution in [0.3, 0.4) is 0 Å². The van der Waals surface area contributed by atoms with E-state index >= 15 is 0 Å². The Morgan fingerprint density at radius 3 is 2.45 bits per heavy atom. The molecule has 3 aliphatic heterocycles. The molecule has 0 radical (unpaired) electrons. The fraction of sp³-hybridized carbons (Fsp3) is 0.357. The molecular formula is C42H42FN11O4. The van der Waals surface area contributed by atoms with Crippen molar-refractivity contribution in [1.29, 1.82) is 0 Å². The van der Waals surface area contributed by atoms with Gasteiger partial charge in [0.2, 0.25) is 11.8 Å². The molecule has 15 nitrogen and oxygen atoms in total. The van der Waals surface area contributed by atoms with Gasteiger partial charge in [-0.05, 0) is 61.2 Å². The number of carbonyl (C=O) groups is 3. The van der Waals surface area contributed by atoms with E-state index in [1.807, 2.05) is 49.6 Å². The van der Waals surface area contributed by atoms with Gasteiger partial charge in [-0.2, -0.15) is 0 Å². The number of imidazole rings is 2. The fourth-order valence-electron chi connectivity index (χ4n) is 8.90. The molecule has 2 saturated heterocycles. The molecule has 2 N–H and O–H groups in total. The monoisotopic (exact) mass is 783 g/mol. The van der Waals surface area contributed by atoms with Gasteiger partial charge in [0.25, 0.3) is 0 Å². The summed E-state index contributed by atoms with van der Waals surface area (Å²) in [6, 6.07) is 17.6. The van der Waals surface area contributed by atoms with Gasteiger partial charge in [0.05, 0.1) is 28.6 Å². The van der Waals surface area contributed by atoms with E-state index in [1.165, 1.54) is 16.3 Å². The molecule has 1 saturated carbocycles. The van der Waals surface area contributed by atoms with E-state index in [2.05, 4.69) is 48.5 Å². The van der Waals surface area contributed by atoms with Crippen LogP contribution < -0.4 is 31.0 Å². The first-order valence-electron chi connectivity index (χ1n) is 19.8. The fourth-order valence-corrected chi connectivity index (χ4v) is 8.90. The number of ketones is 1. The van der Waals surface area contributed by atoms with Gasteiger partial charge in [0, 0.05) is 100 Å². The average molecular weight is 784 g/mol. The third-order valence-corrected chi connectivity index (χ3v) is 12.2. The van der Waals surface area contributed by atoms with Crippen molar-refractivity contribution in [1.82, 2.24) is 34.0 Å². The quantitative estimate of drug-likeness (QED) is 0.158. The number of pyridine rings is 1. The van der Waals surface area contributed by atoms with Gasteiger partial charge >= 0.3 is 5.69 Å². The number of benzene rings is 2. The van der Waals surface area contributed by atoms with Crippen LogP contribution in [0.25, 0.3) is 27.9 Å². The third-order valence-electron chi connectivity index (χ3n) is 12.2. The number of fused-ring (bicyclic) bond motifs is 3. The van der Waals surface area contributed by atoms with Crippen LogP contribution >= 0.6 is 0 Å². The highest BCUT2D eigenvalue weighted by atomic mass is 19.1. The number of aromatic nitrogens is 6. The molecule has 4 aliphatic rings. The number of nitrogens with zero attached hydrogens (tertiary/aromatic N) is 9. The minimum absolute atomic E-state index is 0.150. The first-order valence-corrected chi connectivity index (χ1v) is 19.8. The molecule has 6 aromatic rings. The Hall–Kier alpha value is -6.58. The molecule has 3 atom stereocenters. The number of aryl methyl sites for hydroxylation is 1. The predicted octanol–water partition coefficient (Wildman–Crippen LogP) is 4.42. The van der Waals surface area contributed by atoms with Crippen molar-refractivity contribution in [3.05, 3.63) is 88.7 Å². The number of hydrogen-bond donors (Lipinski definition) is 2. The topological polar surface area (TPSA) is 155 Å². The Morgan fingerprint density at radius 1 is 0.931 bits per heavy atom. The third kappa shape index (κ3) is 5.96. The van der Waals surface area contributed by atoms with Gasteiger partial charge in [-0.15, -0.1) is 5.10 Å². The summed E-state index contributed by atoms with van der Waals surface area (Å²) in [5, 5.41) is 10.5. The minimum atomic E-state index is -0.905. The molecule has 0 bridgehead atoms. The Bertz CT molecular complexity index is 2730. The number of hydrogen-bond acceptors (Lipinski definition) is 11. The van der Waals surface area contributed by atoms with Crippen molar-refractivity contribution in [3.63, 3.8) is 0 Å². The maximum Gasteiger partial charge on any atom is 0.329 e. The lowest BCUT2D eigenvalue weighted by atomic mass is 10.0. The first kappa shape index (κ1) is 35.8. The molecule has 10 rings (SSSR count). The van der Waals surface area contributed by atoms with Crippen molar-refractivity contribution < 1.29 is 18.8 Å². The number of alkyl halides is 1. The number of piperazine rings is 1. The van der Waals surface area contributed by atoms with Crippen LogP contribution in [-0.4, -0.2) is 92.3 Å². The Balaban J connectivity index is 0.871. The van der Waals surface area contributed by atoms with E-state index < -0.39 is 18.1 Å². The number of Topliss-reactive ketones (excluding diaryl/α,β-unsaturated/α-hetero) is 1. The summed E-state index contributed by atoms with van der Waals surface area (Å²) < 4.78 is 18.3. The summed E-state index contributed by atoms with van der Waals surface area (Å²) in [6.07, 6.45) is 4.36. The van der Waals surface area contributed by atoms with E-state index in [0.29, 0.717) is 42.1 Å². The van der Waals surface area contributed by atoms with Crippen LogP contribution in [0.5, 0.6) is 0 Å². The molecule has 4 aromatic heterocycles. The molecule has 2 aromatic carbocycles. The lowest BCUT2D eigenvalue weighted by Crippen LogP contribution is -2.46. The van der Waals surface area contributed by atoms with Gasteiger partial charge in [0.15, 0.2) is 17.2 Å². The van der Waals surface area contributed by atoms with Gasteiger partial charge in [0.1, 0.15) is 17.9 Å². The number of anilines is 5. The number of piperidine rings is 1. The van der Waals surface area contributed by atoms with Crippen LogP contribution in [0.2, 0.25) is 0 Å². The van der Waals surface area contributed by atoms with Gasteiger partial charge in [-0.1, -0.05) is 12.1 Å². The zero-order chi connectivity index (χ0) is 39.8. The highest BCUT2D eigenvalue weighted by Gasteiger charge is 2.39. The Kier molecular flexibility index (Phi) is 8.53. The van der Waals surface area contributed by atoms with Gasteiger partial charge in [-0.3, -0.25) is 33.8 Å². The predicted molar refractivity (Wildman–Crippen MR) is 218 cm³/mol. The number of amides is 2. The summed E-state index contributed by atoms with van der Waals surface area (Å²) in [6.45, 7) is 3.81. The SMILES string of the molecule is CNc1cc(N2CCc3c(-c4cc(N5CCN(c6ccc7c(c6)n(C)c(=O)n7C6CCC(=O)NC6=O)CC5)ccn4)cccc32)nn2c(C(=O)C[C@@H]3C[C@@H]3F)cnc12. The number of imide groups is 1. The molecule has 58 heavy (non-hydrogen) atoms. The summed E-state index contributed by atoms with van der Waals surface area (Å²) >= 11 is 0. The smallest absolute Gasteiger partial charge is 0.329 e. The van der Waals surface area contributed by atoms with Gasteiger partial charge < -0.3 is 20.0 Å². The van der Waals surface area contributed by atoms with Crippen molar-refractivity contribution in [2.75, 3.05) is 59.8 Å². The highest BCUT2D eigenvalue weighted by molar-refractivity contribution is 6.00. The van der Waals surface area contributed by atoms with E-state index in [4.69, 9.17) is 10.1 Å². The average Bonchev–Trinajstić information content (AvgIpc) is 3.53. The number of rotatable bonds is 9. The van der Waals surface area contributed by atoms with Gasteiger partial charge in [-0.25, -0.2) is 18.7 Å². The molecule has 1 unspecified atom stereocenters. The molecular weight excluding hydrogens is 742 g/mol. The van der Waals surface area contributed by atoms with Crippen molar-refractivity contribution in [2.45, 2.75) is 44.3 Å². The van der Waals surface area contributed by atoms with Crippen LogP contribution in [-0.2, 0) is 23.1 Å². The second-order valence-corrected chi connectivity index (χ2v) is 15.6. The number of halogens is 1. The molecule has 2 amide bonds. The maximum absolute atomic E-state index is 13.6. The van der Waals surface area contributed by atoms with Crippen LogP contribution in [0.15, 0.2) is 71.8 Å². The summed E-state index contributed by atoms with van der Waals surface area (Å²) in [4.78, 5) is 67.0. The lowest BCUT2D eigenvalue weighted by Gasteiger charge is -2.37. The lowest BCUT2D eigenvalue weighted by molar-refractivity contribution is -0.135. The zero-order valence-electron chi connectivity index (χ0n) is 32.2. The van der Waals surface area contributed by atoms with Crippen LogP contribution in [0.1, 0.15) is 47.8 Å². The summed E-state index contributed by atoms with van der Waals surface area (Å²) in [5.41, 5.74) is 9.02. The second kappa shape index (κ2) is 13.8. The molecule has 7 heterocycles. The highest BCUT2D eigenvalue weighted by Crippen LogP contribution is 2.41. The Morgan fingerprint density at radius 2 is 1.71 bits per heavy atom. The number of carbonyl (C=O) groups excluding carboxylic acids is 3. The van der Waals surface area contributed by atoms with Crippen LogP contribution in [0, 0.1) is 5.92 Å². The zero-order valence-corrected chi connectivity index (χ0v) is 32.2. The maximum atomic E-state index is 13.6. The summed E-state index contributed by atoms with van der Waals surface area (Å²) in [5.74, 6) is -0.453. The molecule has 16 heteroatoms. The summed E-state index contributed by atoms with van der Waals surface area (Å²) in [7, 11) is 3.53. The van der Waals surface area contributed by atoms with Crippen molar-refractivity contribution in [2.24, 2.45) is 13.0 Å². The minimum Gasteiger partial charge on any atom is -0.385 e. The van der Waals surface area contributed by atoms with E-state index in [0.717, 1.165) is 72.1 Å². The second-order valence-electron chi connectivity index (χ2n) is 15.6. The largest absolute Gasteiger partial charge is 0.385 e. The number of nitrogens with one attached hydrogen (secondary N) is 2. The van der Waals surface area contributed by atoms with E-state index in [9.17, 15) is 23.6 Å². The van der Waals surface area contributed by atoms with Crippen molar-refractivity contribution >= 4 is 62.8 Å². The molecule has 1 aliphatic carbocycles. The standard InChI is InChI=1S/C42H42FN11O4/c1-44-31-22-38(48-54-36(23-46-40(31)54)37(55)19-24-18-29(24)43)52-13-11-28-27(4-3-5-32(28)52)30-20-26(10-12-45-30)51-16-14-50(15-17-51)25-6-7-33-35(21-25)49(2)42(58)53(33)34-8-9-39(56)47-41(34)57/h3-7,10,12,20-24,29,34,44H,8-9,11,13-19H2,1-2H3,(H,47,56,57)/t24-,29-,34?/m0/s1. The molecule has 0 spiro atoms. The Labute approximate surface area is 332 Å². The van der Waals surface area contributed by atoms with E-state index in [1.54, 1.807) is 16.1 Å². The van der Waals surface area contributed by atoms with Crippen LogP contribution in [0.4, 0.5) is 33.0 Å². The molecule has 3 fully saturated rings. The molecule has 296 valence electrons.